The number of anilines is 1. The first-order chi connectivity index (χ1) is 8.66. The van der Waals surface area contributed by atoms with E-state index in [2.05, 4.69) is 9.97 Å². The van der Waals surface area contributed by atoms with Gasteiger partial charge < -0.3 is 10.8 Å². The number of hydrogen-bond donors (Lipinski definition) is 2. The lowest BCUT2D eigenvalue weighted by Gasteiger charge is -2.04. The van der Waals surface area contributed by atoms with Gasteiger partial charge in [0.05, 0.1) is 17.7 Å². The van der Waals surface area contributed by atoms with Crippen LogP contribution in [0, 0.1) is 0 Å². The standard InChI is InChI=1S/C12H13N3O2S/c13-12-8-3-1-2-4-9(8)14-10(15-12)7-18-6-5-11(16)17/h1-4H,5-7H2,(H,16,17)(H2,13,14,15). The number of benzene rings is 1. The molecule has 6 heteroatoms. The number of carboxylic acids is 1. The number of aromatic nitrogens is 2. The fourth-order valence-corrected chi connectivity index (χ4v) is 2.31. The number of nitrogens with two attached hydrogens (primary N) is 1. The lowest BCUT2D eigenvalue weighted by atomic mass is 10.2. The minimum Gasteiger partial charge on any atom is -0.481 e. The van der Waals surface area contributed by atoms with Crippen LogP contribution in [0.4, 0.5) is 5.82 Å². The van der Waals surface area contributed by atoms with Gasteiger partial charge in [-0.25, -0.2) is 9.97 Å². The van der Waals surface area contributed by atoms with Crippen molar-refractivity contribution < 1.29 is 9.90 Å². The van der Waals surface area contributed by atoms with Crippen molar-refractivity contribution >= 4 is 34.5 Å². The number of carbonyl (C=O) groups is 1. The number of rotatable bonds is 5. The number of fused-ring (bicyclic) bond motifs is 1. The molecule has 0 saturated heterocycles. The predicted molar refractivity (Wildman–Crippen MR) is 72.4 cm³/mol. The number of aliphatic carboxylic acids is 1. The van der Waals surface area contributed by atoms with Gasteiger partial charge in [0.25, 0.3) is 0 Å². The molecule has 18 heavy (non-hydrogen) atoms. The molecule has 2 rings (SSSR count). The molecule has 5 nitrogen and oxygen atoms in total. The topological polar surface area (TPSA) is 89.1 Å². The Bertz CT molecular complexity index is 574. The van der Waals surface area contributed by atoms with Crippen molar-refractivity contribution in [3.8, 4) is 0 Å². The first-order valence-corrected chi connectivity index (χ1v) is 6.63. The summed E-state index contributed by atoms with van der Waals surface area (Å²) in [6, 6.07) is 7.56. The summed E-state index contributed by atoms with van der Waals surface area (Å²) >= 11 is 1.49. The molecule has 2 aromatic rings. The Hall–Kier alpha value is -1.82. The molecular formula is C12H13N3O2S. The molecule has 0 aliphatic heterocycles. The van der Waals surface area contributed by atoms with Gasteiger partial charge in [-0.05, 0) is 12.1 Å². The van der Waals surface area contributed by atoms with E-state index in [1.807, 2.05) is 24.3 Å². The summed E-state index contributed by atoms with van der Waals surface area (Å²) in [6.45, 7) is 0. The molecule has 94 valence electrons. The maximum atomic E-state index is 10.4. The normalized spacial score (nSPS) is 10.7. The number of thioether (sulfide) groups is 1. The summed E-state index contributed by atoms with van der Waals surface area (Å²) in [6.07, 6.45) is 0.147. The van der Waals surface area contributed by atoms with Crippen molar-refractivity contribution in [2.75, 3.05) is 11.5 Å². The third-order valence-electron chi connectivity index (χ3n) is 2.37. The summed E-state index contributed by atoms with van der Waals surface area (Å²) < 4.78 is 0. The third kappa shape index (κ3) is 3.10. The average Bonchev–Trinajstić information content (AvgIpc) is 2.35. The molecule has 3 N–H and O–H groups in total. The Morgan fingerprint density at radius 1 is 1.33 bits per heavy atom. The summed E-state index contributed by atoms with van der Waals surface area (Å²) in [5.41, 5.74) is 6.67. The highest BCUT2D eigenvalue weighted by Crippen LogP contribution is 2.19. The number of para-hydroxylation sites is 1. The first-order valence-electron chi connectivity index (χ1n) is 5.47. The van der Waals surface area contributed by atoms with Crippen LogP contribution in [-0.4, -0.2) is 26.8 Å². The van der Waals surface area contributed by atoms with E-state index in [1.165, 1.54) is 11.8 Å². The molecule has 0 radical (unpaired) electrons. The molecule has 0 aliphatic carbocycles. The largest absolute Gasteiger partial charge is 0.481 e. The van der Waals surface area contributed by atoms with E-state index in [9.17, 15) is 4.79 Å². The highest BCUT2D eigenvalue weighted by atomic mass is 32.2. The molecule has 0 fully saturated rings. The van der Waals surface area contributed by atoms with E-state index in [0.29, 0.717) is 23.1 Å². The van der Waals surface area contributed by atoms with Crippen molar-refractivity contribution in [2.45, 2.75) is 12.2 Å². The van der Waals surface area contributed by atoms with Gasteiger partial charge >= 0.3 is 5.97 Å². The molecule has 0 spiro atoms. The minimum atomic E-state index is -0.790. The van der Waals surface area contributed by atoms with E-state index < -0.39 is 5.97 Å². The monoisotopic (exact) mass is 263 g/mol. The second-order valence-corrected chi connectivity index (χ2v) is 4.84. The predicted octanol–water partition coefficient (Wildman–Crippen LogP) is 1.92. The number of hydrogen-bond acceptors (Lipinski definition) is 5. The van der Waals surface area contributed by atoms with Crippen LogP contribution < -0.4 is 5.73 Å². The fraction of sp³-hybridized carbons (Fsp3) is 0.250. The molecule has 0 saturated carbocycles. The van der Waals surface area contributed by atoms with E-state index in [4.69, 9.17) is 10.8 Å². The first kappa shape index (κ1) is 12.6. The molecule has 1 aromatic heterocycles. The zero-order valence-electron chi connectivity index (χ0n) is 9.67. The zero-order valence-corrected chi connectivity index (χ0v) is 10.5. The summed E-state index contributed by atoms with van der Waals surface area (Å²) in [4.78, 5) is 19.0. The van der Waals surface area contributed by atoms with Gasteiger partial charge in [-0.2, -0.15) is 11.8 Å². The number of nitrogen functional groups attached to an aromatic ring is 1. The lowest BCUT2D eigenvalue weighted by Crippen LogP contribution is -2.01. The van der Waals surface area contributed by atoms with Crippen LogP contribution in [0.15, 0.2) is 24.3 Å². The SMILES string of the molecule is Nc1nc(CSCCC(=O)O)nc2ccccc12. The van der Waals surface area contributed by atoms with E-state index in [-0.39, 0.29) is 6.42 Å². The molecule has 0 unspecified atom stereocenters. The molecule has 1 aromatic carbocycles. The molecule has 0 amide bonds. The van der Waals surface area contributed by atoms with Gasteiger partial charge in [-0.3, -0.25) is 4.79 Å². The van der Waals surface area contributed by atoms with Crippen LogP contribution in [0.1, 0.15) is 12.2 Å². The maximum Gasteiger partial charge on any atom is 0.304 e. The van der Waals surface area contributed by atoms with E-state index >= 15 is 0 Å². The Morgan fingerprint density at radius 3 is 2.89 bits per heavy atom. The quantitative estimate of drug-likeness (QED) is 0.801. The van der Waals surface area contributed by atoms with Crippen molar-refractivity contribution in [1.29, 1.82) is 0 Å². The zero-order chi connectivity index (χ0) is 13.0. The van der Waals surface area contributed by atoms with Crippen LogP contribution in [-0.2, 0) is 10.5 Å². The summed E-state index contributed by atoms with van der Waals surface area (Å²) in [5, 5.41) is 9.38. The molecule has 0 atom stereocenters. The summed E-state index contributed by atoms with van der Waals surface area (Å²) in [5.74, 6) is 1.44. The molecule has 1 heterocycles. The second-order valence-electron chi connectivity index (χ2n) is 3.74. The van der Waals surface area contributed by atoms with Gasteiger partial charge in [0.15, 0.2) is 0 Å². The van der Waals surface area contributed by atoms with Crippen molar-refractivity contribution in [3.05, 3.63) is 30.1 Å². The molecule has 0 aliphatic rings. The minimum absolute atomic E-state index is 0.147. The van der Waals surface area contributed by atoms with E-state index in [0.717, 1.165) is 10.9 Å². The summed E-state index contributed by atoms with van der Waals surface area (Å²) in [7, 11) is 0. The molecule has 0 bridgehead atoms. The van der Waals surface area contributed by atoms with Crippen LogP contribution in [0.5, 0.6) is 0 Å². The van der Waals surface area contributed by atoms with Crippen LogP contribution >= 0.6 is 11.8 Å². The van der Waals surface area contributed by atoms with Crippen molar-refractivity contribution in [1.82, 2.24) is 9.97 Å². The van der Waals surface area contributed by atoms with E-state index in [1.54, 1.807) is 0 Å². The highest BCUT2D eigenvalue weighted by Gasteiger charge is 2.05. The fourth-order valence-electron chi connectivity index (χ4n) is 1.54. The van der Waals surface area contributed by atoms with Gasteiger partial charge in [0, 0.05) is 11.1 Å². The van der Waals surface area contributed by atoms with Crippen LogP contribution in [0.3, 0.4) is 0 Å². The third-order valence-corrected chi connectivity index (χ3v) is 3.33. The Kier molecular flexibility index (Phi) is 3.99. The highest BCUT2D eigenvalue weighted by molar-refractivity contribution is 7.98. The lowest BCUT2D eigenvalue weighted by molar-refractivity contribution is -0.136. The van der Waals surface area contributed by atoms with Gasteiger partial charge in [0.2, 0.25) is 0 Å². The van der Waals surface area contributed by atoms with Gasteiger partial charge in [-0.15, -0.1) is 0 Å². The van der Waals surface area contributed by atoms with Crippen molar-refractivity contribution in [3.63, 3.8) is 0 Å². The van der Waals surface area contributed by atoms with Crippen molar-refractivity contribution in [2.24, 2.45) is 0 Å². The van der Waals surface area contributed by atoms with Gasteiger partial charge in [0.1, 0.15) is 11.6 Å². The Balaban J connectivity index is 2.07. The maximum absolute atomic E-state index is 10.4. The van der Waals surface area contributed by atoms with Crippen LogP contribution in [0.25, 0.3) is 10.9 Å². The molecular weight excluding hydrogens is 250 g/mol. The smallest absolute Gasteiger partial charge is 0.304 e. The Labute approximate surface area is 108 Å². The average molecular weight is 263 g/mol. The number of nitrogens with zero attached hydrogens (tertiary/aromatic N) is 2. The second kappa shape index (κ2) is 5.68. The number of carboxylic acid groups (broad SMARTS) is 1. The Morgan fingerprint density at radius 2 is 2.11 bits per heavy atom. The van der Waals surface area contributed by atoms with Gasteiger partial charge in [-0.1, -0.05) is 12.1 Å². The van der Waals surface area contributed by atoms with Crippen LogP contribution in [0.2, 0.25) is 0 Å².